The van der Waals surface area contributed by atoms with Crippen molar-refractivity contribution in [2.75, 3.05) is 6.54 Å². The van der Waals surface area contributed by atoms with E-state index in [1.165, 1.54) is 24.1 Å². The van der Waals surface area contributed by atoms with Crippen LogP contribution in [0, 0.1) is 0 Å². The average Bonchev–Trinajstić information content (AvgIpc) is 2.98. The molecule has 2 nitrogen and oxygen atoms in total. The number of thiophene rings is 1. The molecule has 1 aromatic rings. The third-order valence-corrected chi connectivity index (χ3v) is 3.99. The van der Waals surface area contributed by atoms with E-state index in [1.54, 1.807) is 0 Å². The van der Waals surface area contributed by atoms with Gasteiger partial charge in [0.15, 0.2) is 0 Å². The van der Waals surface area contributed by atoms with Crippen molar-refractivity contribution in [3.05, 3.63) is 22.4 Å². The molecule has 0 aliphatic heterocycles. The quantitative estimate of drug-likeness (QED) is 0.791. The molecular weight excluding hydrogens is 216 g/mol. The Kier molecular flexibility index (Phi) is 4.38. The molecule has 1 atom stereocenters. The van der Waals surface area contributed by atoms with Crippen LogP contribution in [-0.4, -0.2) is 23.5 Å². The lowest BCUT2D eigenvalue weighted by Crippen LogP contribution is -2.38. The predicted octanol–water partition coefficient (Wildman–Crippen LogP) is 2.84. The van der Waals surface area contributed by atoms with Gasteiger partial charge < -0.3 is 5.73 Å². The lowest BCUT2D eigenvalue weighted by molar-refractivity contribution is 0.236. The van der Waals surface area contributed by atoms with Gasteiger partial charge in [0.1, 0.15) is 0 Å². The molecule has 2 N–H and O–H groups in total. The van der Waals surface area contributed by atoms with Gasteiger partial charge in [0.25, 0.3) is 0 Å². The third kappa shape index (κ3) is 3.58. The van der Waals surface area contributed by atoms with E-state index in [9.17, 15) is 0 Å². The molecule has 1 aliphatic rings. The fourth-order valence-electron chi connectivity index (χ4n) is 2.15. The molecule has 1 heterocycles. The molecule has 90 valence electrons. The molecule has 1 aromatic heterocycles. The van der Waals surface area contributed by atoms with Crippen LogP contribution in [0.3, 0.4) is 0 Å². The molecule has 1 aliphatic carbocycles. The molecule has 2 rings (SSSR count). The topological polar surface area (TPSA) is 29.3 Å². The summed E-state index contributed by atoms with van der Waals surface area (Å²) < 4.78 is 0. The summed E-state index contributed by atoms with van der Waals surface area (Å²) in [6.45, 7) is 4.37. The molecule has 1 fully saturated rings. The zero-order valence-corrected chi connectivity index (χ0v) is 10.9. The monoisotopic (exact) mass is 238 g/mol. The molecule has 1 saturated carbocycles. The second-order valence-corrected chi connectivity index (χ2v) is 5.82. The fourth-order valence-corrected chi connectivity index (χ4v) is 2.88. The van der Waals surface area contributed by atoms with E-state index in [4.69, 9.17) is 5.73 Å². The highest BCUT2D eigenvalue weighted by atomic mass is 32.1. The highest BCUT2D eigenvalue weighted by molar-refractivity contribution is 7.09. The second kappa shape index (κ2) is 5.80. The molecule has 0 spiro atoms. The molecule has 3 heteroatoms. The first kappa shape index (κ1) is 12.1. The van der Waals surface area contributed by atoms with E-state index in [0.29, 0.717) is 6.04 Å². The first-order chi connectivity index (χ1) is 7.79. The van der Waals surface area contributed by atoms with Crippen molar-refractivity contribution in [1.29, 1.82) is 0 Å². The first-order valence-electron chi connectivity index (χ1n) is 6.31. The summed E-state index contributed by atoms with van der Waals surface area (Å²) in [6.07, 6.45) is 5.07. The molecule has 0 radical (unpaired) electrons. The normalized spacial score (nSPS) is 17.9. The van der Waals surface area contributed by atoms with Crippen LogP contribution in [0.25, 0.3) is 0 Å². The van der Waals surface area contributed by atoms with Gasteiger partial charge in [-0.1, -0.05) is 19.4 Å². The Morgan fingerprint density at radius 1 is 1.56 bits per heavy atom. The lowest BCUT2D eigenvalue weighted by Gasteiger charge is -2.24. The van der Waals surface area contributed by atoms with Gasteiger partial charge in [-0.05, 0) is 30.7 Å². The van der Waals surface area contributed by atoms with Crippen LogP contribution in [-0.2, 0) is 6.54 Å². The number of hydrogen-bond acceptors (Lipinski definition) is 3. The van der Waals surface area contributed by atoms with E-state index < -0.39 is 0 Å². The van der Waals surface area contributed by atoms with Gasteiger partial charge in [-0.15, -0.1) is 11.3 Å². The van der Waals surface area contributed by atoms with Gasteiger partial charge >= 0.3 is 0 Å². The Bertz CT molecular complexity index is 293. The molecule has 0 saturated heterocycles. The van der Waals surface area contributed by atoms with Crippen LogP contribution < -0.4 is 5.73 Å². The maximum absolute atomic E-state index is 6.14. The van der Waals surface area contributed by atoms with Crippen molar-refractivity contribution in [2.24, 2.45) is 5.73 Å². The third-order valence-electron chi connectivity index (χ3n) is 3.13. The minimum Gasteiger partial charge on any atom is -0.327 e. The van der Waals surface area contributed by atoms with Gasteiger partial charge in [-0.2, -0.15) is 0 Å². The molecule has 0 aromatic carbocycles. The van der Waals surface area contributed by atoms with Gasteiger partial charge in [0.05, 0.1) is 0 Å². The Balaban J connectivity index is 1.85. The van der Waals surface area contributed by atoms with Crippen molar-refractivity contribution in [3.8, 4) is 0 Å². The number of rotatable bonds is 7. The van der Waals surface area contributed by atoms with Gasteiger partial charge in [0, 0.05) is 30.1 Å². The van der Waals surface area contributed by atoms with E-state index in [2.05, 4.69) is 29.3 Å². The highest BCUT2D eigenvalue weighted by Crippen LogP contribution is 2.29. The molecule has 0 bridgehead atoms. The number of nitrogens with two attached hydrogens (primary N) is 1. The summed E-state index contributed by atoms with van der Waals surface area (Å²) in [6, 6.07) is 5.53. The van der Waals surface area contributed by atoms with Gasteiger partial charge in [0.2, 0.25) is 0 Å². The van der Waals surface area contributed by atoms with Crippen molar-refractivity contribution in [2.45, 2.75) is 51.2 Å². The van der Waals surface area contributed by atoms with E-state index in [0.717, 1.165) is 25.6 Å². The average molecular weight is 238 g/mol. The summed E-state index contributed by atoms with van der Waals surface area (Å²) in [4.78, 5) is 4.04. The van der Waals surface area contributed by atoms with Gasteiger partial charge in [-0.25, -0.2) is 0 Å². The summed E-state index contributed by atoms with van der Waals surface area (Å²) in [5.41, 5.74) is 6.14. The van der Waals surface area contributed by atoms with Crippen LogP contribution in [0.5, 0.6) is 0 Å². The zero-order chi connectivity index (χ0) is 11.4. The molecule has 0 amide bonds. The predicted molar refractivity (Wildman–Crippen MR) is 70.6 cm³/mol. The zero-order valence-electron chi connectivity index (χ0n) is 10.1. The first-order valence-corrected chi connectivity index (χ1v) is 7.19. The largest absolute Gasteiger partial charge is 0.327 e. The summed E-state index contributed by atoms with van der Waals surface area (Å²) in [5.74, 6) is 0. The molecule has 16 heavy (non-hydrogen) atoms. The Hall–Kier alpha value is -0.380. The lowest BCUT2D eigenvalue weighted by atomic mass is 10.1. The number of hydrogen-bond donors (Lipinski definition) is 1. The minimum absolute atomic E-state index is 0.352. The van der Waals surface area contributed by atoms with Crippen LogP contribution >= 0.6 is 11.3 Å². The summed E-state index contributed by atoms with van der Waals surface area (Å²) >= 11 is 1.85. The standard InChI is InChI=1S/C13H22N2S/c1-2-4-11(14)9-15(12-6-7-12)10-13-5-3-8-16-13/h3,5,8,11-12H,2,4,6-7,9-10,14H2,1H3. The maximum Gasteiger partial charge on any atom is 0.0331 e. The van der Waals surface area contributed by atoms with Crippen molar-refractivity contribution >= 4 is 11.3 Å². The van der Waals surface area contributed by atoms with E-state index in [1.807, 2.05) is 11.3 Å². The van der Waals surface area contributed by atoms with Crippen molar-refractivity contribution < 1.29 is 0 Å². The van der Waals surface area contributed by atoms with E-state index in [-0.39, 0.29) is 0 Å². The van der Waals surface area contributed by atoms with Crippen molar-refractivity contribution in [1.82, 2.24) is 4.90 Å². The Morgan fingerprint density at radius 3 is 2.94 bits per heavy atom. The fraction of sp³-hybridized carbons (Fsp3) is 0.692. The van der Waals surface area contributed by atoms with Crippen LogP contribution in [0.15, 0.2) is 17.5 Å². The summed E-state index contributed by atoms with van der Waals surface area (Å²) in [5, 5.41) is 2.16. The summed E-state index contributed by atoms with van der Waals surface area (Å²) in [7, 11) is 0. The van der Waals surface area contributed by atoms with Crippen molar-refractivity contribution in [3.63, 3.8) is 0 Å². The van der Waals surface area contributed by atoms with Crippen LogP contribution in [0.2, 0.25) is 0 Å². The number of nitrogens with zero attached hydrogens (tertiary/aromatic N) is 1. The Labute approximate surface area is 102 Å². The molecular formula is C13H22N2S. The van der Waals surface area contributed by atoms with E-state index >= 15 is 0 Å². The maximum atomic E-state index is 6.14. The Morgan fingerprint density at radius 2 is 2.38 bits per heavy atom. The van der Waals surface area contributed by atoms with Crippen LogP contribution in [0.4, 0.5) is 0 Å². The smallest absolute Gasteiger partial charge is 0.0331 e. The highest BCUT2D eigenvalue weighted by Gasteiger charge is 2.29. The van der Waals surface area contributed by atoms with Gasteiger partial charge in [-0.3, -0.25) is 4.90 Å². The second-order valence-electron chi connectivity index (χ2n) is 4.79. The van der Waals surface area contributed by atoms with Crippen LogP contribution in [0.1, 0.15) is 37.5 Å². The molecule has 1 unspecified atom stereocenters. The minimum atomic E-state index is 0.352. The SMILES string of the molecule is CCCC(N)CN(Cc1cccs1)C1CC1.